The Hall–Kier alpha value is -2.57. The smallest absolute Gasteiger partial charge is 0.253 e. The highest BCUT2D eigenvalue weighted by molar-refractivity contribution is 6.00. The average Bonchev–Trinajstić information content (AvgIpc) is 2.88. The van der Waals surface area contributed by atoms with E-state index in [9.17, 15) is 4.79 Å². The first-order valence-electron chi connectivity index (χ1n) is 5.68. The molecule has 1 aromatic heterocycles. The molecule has 0 saturated heterocycles. The van der Waals surface area contributed by atoms with E-state index in [-0.39, 0.29) is 12.5 Å². The van der Waals surface area contributed by atoms with E-state index in [2.05, 4.69) is 20.0 Å². The van der Waals surface area contributed by atoms with Crippen LogP contribution in [0.3, 0.4) is 0 Å². The zero-order chi connectivity index (χ0) is 13.8. The molecule has 0 aliphatic carbocycles. The fraction of sp³-hybridized carbons (Fsp3) is 0.250. The molecule has 1 aromatic carbocycles. The number of hydrogen-bond acceptors (Lipinski definition) is 6. The SMILES string of the molecule is CN(C)c1ccc(N)cc1C(=O)NCc1ncon1. The number of aromatic nitrogens is 2. The molecule has 0 aliphatic heterocycles. The summed E-state index contributed by atoms with van der Waals surface area (Å²) in [7, 11) is 3.73. The van der Waals surface area contributed by atoms with Crippen molar-refractivity contribution in [3.8, 4) is 0 Å². The number of carbonyl (C=O) groups is 1. The molecule has 0 bridgehead atoms. The number of nitrogen functional groups attached to an aromatic ring is 1. The summed E-state index contributed by atoms with van der Waals surface area (Å²) in [5.41, 5.74) is 7.55. The molecule has 0 fully saturated rings. The summed E-state index contributed by atoms with van der Waals surface area (Å²) in [6.45, 7) is 0.205. The zero-order valence-electron chi connectivity index (χ0n) is 10.8. The van der Waals surface area contributed by atoms with E-state index < -0.39 is 0 Å². The Balaban J connectivity index is 2.16. The molecule has 19 heavy (non-hydrogen) atoms. The van der Waals surface area contributed by atoms with Crippen molar-refractivity contribution in [2.45, 2.75) is 6.54 Å². The van der Waals surface area contributed by atoms with Gasteiger partial charge in [-0.15, -0.1) is 0 Å². The first kappa shape index (κ1) is 12.9. The van der Waals surface area contributed by atoms with Gasteiger partial charge in [-0.3, -0.25) is 4.79 Å². The summed E-state index contributed by atoms with van der Waals surface area (Å²) in [6.07, 6.45) is 1.22. The van der Waals surface area contributed by atoms with Gasteiger partial charge < -0.3 is 20.5 Å². The molecule has 0 unspecified atom stereocenters. The van der Waals surface area contributed by atoms with Crippen molar-refractivity contribution < 1.29 is 9.32 Å². The number of rotatable bonds is 4. The maximum Gasteiger partial charge on any atom is 0.253 e. The molecule has 1 heterocycles. The lowest BCUT2D eigenvalue weighted by molar-refractivity contribution is 0.0950. The van der Waals surface area contributed by atoms with E-state index in [1.54, 1.807) is 18.2 Å². The van der Waals surface area contributed by atoms with Crippen LogP contribution in [-0.4, -0.2) is 30.1 Å². The van der Waals surface area contributed by atoms with Crippen LogP contribution in [0.15, 0.2) is 29.1 Å². The average molecular weight is 261 g/mol. The molecule has 0 aliphatic rings. The first-order chi connectivity index (χ1) is 9.08. The van der Waals surface area contributed by atoms with E-state index in [1.807, 2.05) is 19.0 Å². The fourth-order valence-corrected chi connectivity index (χ4v) is 1.65. The van der Waals surface area contributed by atoms with Gasteiger partial charge in [0.25, 0.3) is 5.91 Å². The summed E-state index contributed by atoms with van der Waals surface area (Å²) >= 11 is 0. The van der Waals surface area contributed by atoms with Gasteiger partial charge in [-0.05, 0) is 18.2 Å². The molecule has 0 spiro atoms. The molecular formula is C12H15N5O2. The number of carbonyl (C=O) groups excluding carboxylic acids is 1. The maximum atomic E-state index is 12.1. The van der Waals surface area contributed by atoms with Gasteiger partial charge in [0.15, 0.2) is 5.82 Å². The third kappa shape index (κ3) is 3.01. The van der Waals surface area contributed by atoms with E-state index in [4.69, 9.17) is 5.73 Å². The van der Waals surface area contributed by atoms with E-state index >= 15 is 0 Å². The number of anilines is 2. The Morgan fingerprint density at radius 2 is 2.26 bits per heavy atom. The topological polar surface area (TPSA) is 97.3 Å². The van der Waals surface area contributed by atoms with E-state index in [1.165, 1.54) is 6.39 Å². The predicted molar refractivity (Wildman–Crippen MR) is 70.6 cm³/mol. The molecule has 7 nitrogen and oxygen atoms in total. The van der Waals surface area contributed by atoms with Crippen LogP contribution in [0.1, 0.15) is 16.2 Å². The lowest BCUT2D eigenvalue weighted by Gasteiger charge is -2.17. The van der Waals surface area contributed by atoms with Gasteiger partial charge in [-0.2, -0.15) is 4.98 Å². The largest absolute Gasteiger partial charge is 0.399 e. The van der Waals surface area contributed by atoms with Crippen molar-refractivity contribution in [1.82, 2.24) is 15.5 Å². The van der Waals surface area contributed by atoms with Gasteiger partial charge in [-0.25, -0.2) is 0 Å². The summed E-state index contributed by atoms with van der Waals surface area (Å²) in [5.74, 6) is 0.185. The Bertz CT molecular complexity index is 566. The highest BCUT2D eigenvalue weighted by Crippen LogP contribution is 2.21. The van der Waals surface area contributed by atoms with E-state index in [0.29, 0.717) is 17.1 Å². The van der Waals surface area contributed by atoms with Crippen LogP contribution >= 0.6 is 0 Å². The first-order valence-corrected chi connectivity index (χ1v) is 5.68. The molecule has 0 saturated carbocycles. The summed E-state index contributed by atoms with van der Waals surface area (Å²) in [5, 5.41) is 6.34. The monoisotopic (exact) mass is 261 g/mol. The fourth-order valence-electron chi connectivity index (χ4n) is 1.65. The minimum atomic E-state index is -0.235. The summed E-state index contributed by atoms with van der Waals surface area (Å²) in [4.78, 5) is 17.8. The molecule has 7 heteroatoms. The van der Waals surface area contributed by atoms with Gasteiger partial charge in [0.2, 0.25) is 6.39 Å². The molecule has 3 N–H and O–H groups in total. The normalized spacial score (nSPS) is 10.2. The van der Waals surface area contributed by atoms with Crippen LogP contribution in [0.2, 0.25) is 0 Å². The number of amides is 1. The zero-order valence-corrected chi connectivity index (χ0v) is 10.8. The second-order valence-electron chi connectivity index (χ2n) is 4.20. The molecule has 0 atom stereocenters. The van der Waals surface area contributed by atoms with Gasteiger partial charge in [0.1, 0.15) is 0 Å². The molecule has 2 aromatic rings. The second-order valence-corrected chi connectivity index (χ2v) is 4.20. The number of nitrogens with zero attached hydrogens (tertiary/aromatic N) is 3. The highest BCUT2D eigenvalue weighted by atomic mass is 16.5. The number of benzene rings is 1. The van der Waals surface area contributed by atoms with Crippen LogP contribution in [-0.2, 0) is 6.54 Å². The third-order valence-electron chi connectivity index (χ3n) is 2.56. The summed E-state index contributed by atoms with van der Waals surface area (Å²) in [6, 6.07) is 5.20. The second kappa shape index (κ2) is 5.38. The summed E-state index contributed by atoms with van der Waals surface area (Å²) < 4.78 is 4.59. The van der Waals surface area contributed by atoms with Crippen LogP contribution in [0, 0.1) is 0 Å². The van der Waals surface area contributed by atoms with Gasteiger partial charge >= 0.3 is 0 Å². The minimum Gasteiger partial charge on any atom is -0.399 e. The van der Waals surface area contributed by atoms with Gasteiger partial charge in [0.05, 0.1) is 12.1 Å². The van der Waals surface area contributed by atoms with Crippen molar-refractivity contribution in [2.24, 2.45) is 0 Å². The molecule has 0 radical (unpaired) electrons. The predicted octanol–water partition coefficient (Wildman–Crippen LogP) is 0.648. The van der Waals surface area contributed by atoms with Crippen LogP contribution in [0.5, 0.6) is 0 Å². The number of hydrogen-bond donors (Lipinski definition) is 2. The standard InChI is InChI=1S/C12H15N5O2/c1-17(2)10-4-3-8(13)5-9(10)12(18)14-6-11-15-7-19-16-11/h3-5,7H,6,13H2,1-2H3,(H,14,18). The Labute approximate surface area is 110 Å². The molecular weight excluding hydrogens is 246 g/mol. The van der Waals surface area contributed by atoms with Crippen molar-refractivity contribution in [3.63, 3.8) is 0 Å². The van der Waals surface area contributed by atoms with Crippen molar-refractivity contribution in [2.75, 3.05) is 24.7 Å². The lowest BCUT2D eigenvalue weighted by atomic mass is 10.1. The minimum absolute atomic E-state index is 0.205. The van der Waals surface area contributed by atoms with E-state index in [0.717, 1.165) is 5.69 Å². The van der Waals surface area contributed by atoms with Gasteiger partial charge in [0, 0.05) is 25.5 Å². The van der Waals surface area contributed by atoms with Crippen molar-refractivity contribution in [1.29, 1.82) is 0 Å². The van der Waals surface area contributed by atoms with Crippen molar-refractivity contribution >= 4 is 17.3 Å². The van der Waals surface area contributed by atoms with Crippen molar-refractivity contribution in [3.05, 3.63) is 36.0 Å². The highest BCUT2D eigenvalue weighted by Gasteiger charge is 2.13. The quantitative estimate of drug-likeness (QED) is 0.784. The van der Waals surface area contributed by atoms with Crippen LogP contribution in [0.25, 0.3) is 0 Å². The Kier molecular flexibility index (Phi) is 3.65. The maximum absolute atomic E-state index is 12.1. The number of nitrogens with two attached hydrogens (primary N) is 1. The van der Waals surface area contributed by atoms with Crippen LogP contribution < -0.4 is 16.0 Å². The molecule has 100 valence electrons. The van der Waals surface area contributed by atoms with Gasteiger partial charge in [-0.1, -0.05) is 5.16 Å². The Morgan fingerprint density at radius 1 is 1.47 bits per heavy atom. The van der Waals surface area contributed by atoms with Crippen LogP contribution in [0.4, 0.5) is 11.4 Å². The lowest BCUT2D eigenvalue weighted by Crippen LogP contribution is -2.26. The third-order valence-corrected chi connectivity index (χ3v) is 2.56. The Morgan fingerprint density at radius 3 is 2.89 bits per heavy atom. The molecule has 1 amide bonds. The molecule has 2 rings (SSSR count). The number of nitrogens with one attached hydrogen (secondary N) is 1.